The molecule has 9 heteroatoms. The Morgan fingerprint density at radius 3 is 2.12 bits per heavy atom. The maximum atomic E-state index is 13.5. The molecular formula is C25H28N2O6S. The fourth-order valence-corrected chi connectivity index (χ4v) is 4.93. The van der Waals surface area contributed by atoms with E-state index in [-0.39, 0.29) is 10.6 Å². The molecule has 0 unspecified atom stereocenters. The van der Waals surface area contributed by atoms with Gasteiger partial charge in [0.25, 0.3) is 10.0 Å². The van der Waals surface area contributed by atoms with E-state index in [0.717, 1.165) is 9.87 Å². The van der Waals surface area contributed by atoms with Gasteiger partial charge in [0, 0.05) is 0 Å². The molecule has 0 bridgehead atoms. The highest BCUT2D eigenvalue weighted by Crippen LogP contribution is 2.33. The molecule has 3 rings (SSSR count). The summed E-state index contributed by atoms with van der Waals surface area (Å²) in [7, 11) is 0.480. The van der Waals surface area contributed by atoms with Crippen molar-refractivity contribution >= 4 is 21.6 Å². The summed E-state index contributed by atoms with van der Waals surface area (Å²) < 4.78 is 44.0. The molecule has 3 aromatic carbocycles. The number of anilines is 1. The third-order valence-corrected chi connectivity index (χ3v) is 7.03. The third kappa shape index (κ3) is 5.43. The average molecular weight is 485 g/mol. The van der Waals surface area contributed by atoms with Crippen molar-refractivity contribution in [2.75, 3.05) is 32.2 Å². The quantitative estimate of drug-likeness (QED) is 0.471. The van der Waals surface area contributed by atoms with E-state index in [0.29, 0.717) is 17.2 Å². The number of nitrogens with zero attached hydrogens (tertiary/aromatic N) is 1. The number of sulfonamides is 1. The van der Waals surface area contributed by atoms with E-state index in [1.807, 2.05) is 6.07 Å². The van der Waals surface area contributed by atoms with Gasteiger partial charge in [-0.1, -0.05) is 36.4 Å². The molecule has 1 N–H and O–H groups in total. The molecule has 0 heterocycles. The lowest BCUT2D eigenvalue weighted by Gasteiger charge is -2.26. The Kier molecular flexibility index (Phi) is 8.01. The lowest BCUT2D eigenvalue weighted by atomic mass is 10.1. The van der Waals surface area contributed by atoms with Crippen LogP contribution in [0.15, 0.2) is 77.7 Å². The number of hydrogen-bond acceptors (Lipinski definition) is 6. The summed E-state index contributed by atoms with van der Waals surface area (Å²) in [5.41, 5.74) is 1.04. The van der Waals surface area contributed by atoms with Crippen molar-refractivity contribution in [1.29, 1.82) is 0 Å². The fourth-order valence-electron chi connectivity index (χ4n) is 3.48. The second kappa shape index (κ2) is 10.9. The van der Waals surface area contributed by atoms with Gasteiger partial charge in [-0.25, -0.2) is 8.42 Å². The van der Waals surface area contributed by atoms with Gasteiger partial charge in [-0.15, -0.1) is 0 Å². The zero-order valence-electron chi connectivity index (χ0n) is 19.5. The first-order chi connectivity index (χ1) is 16.3. The Morgan fingerprint density at radius 2 is 1.47 bits per heavy atom. The minimum Gasteiger partial charge on any atom is -0.495 e. The Labute approximate surface area is 200 Å². The van der Waals surface area contributed by atoms with Crippen molar-refractivity contribution < 1.29 is 27.4 Å². The zero-order valence-corrected chi connectivity index (χ0v) is 20.3. The molecule has 0 aromatic heterocycles. The molecule has 0 spiro atoms. The van der Waals surface area contributed by atoms with Crippen molar-refractivity contribution in [3.05, 3.63) is 78.4 Å². The van der Waals surface area contributed by atoms with Crippen LogP contribution in [0.3, 0.4) is 0 Å². The van der Waals surface area contributed by atoms with E-state index in [2.05, 4.69) is 5.32 Å². The summed E-state index contributed by atoms with van der Waals surface area (Å²) >= 11 is 0. The van der Waals surface area contributed by atoms with Crippen LogP contribution in [0.25, 0.3) is 0 Å². The predicted molar refractivity (Wildman–Crippen MR) is 130 cm³/mol. The van der Waals surface area contributed by atoms with E-state index in [1.54, 1.807) is 68.6 Å². The van der Waals surface area contributed by atoms with Gasteiger partial charge in [0.05, 0.1) is 38.0 Å². The lowest BCUT2D eigenvalue weighted by molar-refractivity contribution is -0.120. The molecule has 1 atom stereocenters. The van der Waals surface area contributed by atoms with E-state index >= 15 is 0 Å². The second-order valence-corrected chi connectivity index (χ2v) is 9.26. The number of benzene rings is 3. The largest absolute Gasteiger partial charge is 0.495 e. The highest BCUT2D eigenvalue weighted by Gasteiger charge is 2.29. The first kappa shape index (κ1) is 24.9. The average Bonchev–Trinajstić information content (AvgIpc) is 2.87. The predicted octanol–water partition coefficient (Wildman–Crippen LogP) is 3.79. The van der Waals surface area contributed by atoms with Crippen molar-refractivity contribution in [2.24, 2.45) is 0 Å². The number of methoxy groups -OCH3 is 3. The van der Waals surface area contributed by atoms with Gasteiger partial charge in [0.15, 0.2) is 11.5 Å². The number of amides is 1. The van der Waals surface area contributed by atoms with Crippen molar-refractivity contribution in [2.45, 2.75) is 17.9 Å². The van der Waals surface area contributed by atoms with E-state index in [1.165, 1.54) is 26.4 Å². The monoisotopic (exact) mass is 484 g/mol. The molecule has 180 valence electrons. The van der Waals surface area contributed by atoms with Gasteiger partial charge in [0.1, 0.15) is 12.3 Å². The topological polar surface area (TPSA) is 94.2 Å². The number of carbonyl (C=O) groups excluding carboxylic acids is 1. The summed E-state index contributed by atoms with van der Waals surface area (Å²) in [5, 5.41) is 2.86. The van der Waals surface area contributed by atoms with Crippen LogP contribution in [0, 0.1) is 0 Å². The Morgan fingerprint density at radius 1 is 0.853 bits per heavy atom. The zero-order chi connectivity index (χ0) is 24.7. The molecule has 0 aliphatic heterocycles. The van der Waals surface area contributed by atoms with Gasteiger partial charge in [-0.2, -0.15) is 0 Å². The maximum Gasteiger partial charge on any atom is 0.264 e. The van der Waals surface area contributed by atoms with Crippen molar-refractivity contribution in [3.63, 3.8) is 0 Å². The van der Waals surface area contributed by atoms with Gasteiger partial charge in [-0.05, 0) is 48.9 Å². The number of hydrogen-bond donors (Lipinski definition) is 1. The molecule has 34 heavy (non-hydrogen) atoms. The molecule has 0 aliphatic rings. The first-order valence-electron chi connectivity index (χ1n) is 10.5. The summed E-state index contributed by atoms with van der Waals surface area (Å²) in [4.78, 5) is 13.1. The molecule has 0 saturated carbocycles. The summed E-state index contributed by atoms with van der Waals surface area (Å²) in [6, 6.07) is 19.5. The fraction of sp³-hybridized carbons (Fsp3) is 0.240. The van der Waals surface area contributed by atoms with Gasteiger partial charge in [0.2, 0.25) is 5.91 Å². The van der Waals surface area contributed by atoms with E-state index < -0.39 is 28.5 Å². The highest BCUT2D eigenvalue weighted by molar-refractivity contribution is 7.92. The number of rotatable bonds is 10. The van der Waals surface area contributed by atoms with Crippen LogP contribution in [-0.2, 0) is 14.8 Å². The number of ether oxygens (including phenoxy) is 3. The SMILES string of the molecule is COc1ccc([C@H](C)NC(=O)CN(c2ccccc2OC)S(=O)(=O)c2ccccc2)cc1OC. The van der Waals surface area contributed by atoms with Crippen LogP contribution < -0.4 is 23.8 Å². The van der Waals surface area contributed by atoms with E-state index in [9.17, 15) is 13.2 Å². The molecular weight excluding hydrogens is 456 g/mol. The van der Waals surface area contributed by atoms with Gasteiger partial charge < -0.3 is 19.5 Å². The highest BCUT2D eigenvalue weighted by atomic mass is 32.2. The number of nitrogens with one attached hydrogen (secondary N) is 1. The first-order valence-corrected chi connectivity index (χ1v) is 12.0. The van der Waals surface area contributed by atoms with E-state index in [4.69, 9.17) is 14.2 Å². The Bertz CT molecular complexity index is 1230. The van der Waals surface area contributed by atoms with Crippen molar-refractivity contribution in [1.82, 2.24) is 5.32 Å². The van der Waals surface area contributed by atoms with Gasteiger partial charge >= 0.3 is 0 Å². The summed E-state index contributed by atoms with van der Waals surface area (Å²) in [6.07, 6.45) is 0. The van der Waals surface area contributed by atoms with Crippen LogP contribution in [0.2, 0.25) is 0 Å². The van der Waals surface area contributed by atoms with Crippen LogP contribution in [0.4, 0.5) is 5.69 Å². The number of carbonyl (C=O) groups is 1. The molecule has 0 fully saturated rings. The van der Waals surface area contributed by atoms with Crippen LogP contribution in [0.5, 0.6) is 17.2 Å². The molecule has 0 aliphatic carbocycles. The number of para-hydroxylation sites is 2. The smallest absolute Gasteiger partial charge is 0.264 e. The molecule has 1 amide bonds. The van der Waals surface area contributed by atoms with Crippen LogP contribution in [0.1, 0.15) is 18.5 Å². The molecule has 8 nitrogen and oxygen atoms in total. The third-order valence-electron chi connectivity index (χ3n) is 5.26. The maximum absolute atomic E-state index is 13.5. The molecule has 0 radical (unpaired) electrons. The Hall–Kier alpha value is -3.72. The standard InChI is InChI=1S/C25H28N2O6S/c1-18(19-14-15-23(32-3)24(16-19)33-4)26-25(28)17-27(21-12-8-9-13-22(21)31-2)34(29,30)20-10-6-5-7-11-20/h5-16,18H,17H2,1-4H3,(H,26,28)/t18-/m0/s1. The van der Waals surface area contributed by atoms with Crippen molar-refractivity contribution in [3.8, 4) is 17.2 Å². The molecule has 0 saturated heterocycles. The summed E-state index contributed by atoms with van der Waals surface area (Å²) in [6.45, 7) is 1.37. The normalized spacial score (nSPS) is 11.9. The van der Waals surface area contributed by atoms with Crippen LogP contribution in [-0.4, -0.2) is 42.2 Å². The van der Waals surface area contributed by atoms with Gasteiger partial charge in [-0.3, -0.25) is 9.10 Å². The Balaban J connectivity index is 1.90. The minimum atomic E-state index is -4.05. The lowest BCUT2D eigenvalue weighted by Crippen LogP contribution is -2.41. The second-order valence-electron chi connectivity index (χ2n) is 7.40. The van der Waals surface area contributed by atoms with Crippen LogP contribution >= 0.6 is 0 Å². The summed E-state index contributed by atoms with van der Waals surface area (Å²) in [5.74, 6) is 0.958. The minimum absolute atomic E-state index is 0.0710. The molecule has 3 aromatic rings.